The topological polar surface area (TPSA) is 17.1 Å². The van der Waals surface area contributed by atoms with Gasteiger partial charge in [0.25, 0.3) is 0 Å². The lowest BCUT2D eigenvalue weighted by atomic mass is 9.67. The molecule has 1 aliphatic carbocycles. The first-order chi connectivity index (χ1) is 5.59. The van der Waals surface area contributed by atoms with Gasteiger partial charge in [-0.05, 0) is 31.1 Å². The number of carbonyl (C=O) groups excluding carboxylic acids is 1. The third-order valence-corrected chi connectivity index (χ3v) is 3.38. The fourth-order valence-electron chi connectivity index (χ4n) is 1.98. The van der Waals surface area contributed by atoms with Gasteiger partial charge in [0, 0.05) is 6.42 Å². The lowest BCUT2D eigenvalue weighted by Gasteiger charge is -2.37. The molecule has 0 saturated heterocycles. The van der Waals surface area contributed by atoms with E-state index in [2.05, 4.69) is 26.8 Å². The van der Waals surface area contributed by atoms with Gasteiger partial charge in [-0.15, -0.1) is 0 Å². The fraction of sp³-hybridized carbons (Fsp3) is 0.727. The molecule has 1 rings (SSSR count). The molecule has 0 aromatic rings. The zero-order valence-electron chi connectivity index (χ0n) is 8.26. The molecule has 1 aliphatic rings. The van der Waals surface area contributed by atoms with Crippen molar-refractivity contribution in [2.24, 2.45) is 11.3 Å². The largest absolute Gasteiger partial charge is 0.303 e. The average Bonchev–Trinajstić information content (AvgIpc) is 2.00. The molecule has 1 heteroatoms. The highest BCUT2D eigenvalue weighted by Crippen LogP contribution is 2.42. The lowest BCUT2D eigenvalue weighted by Crippen LogP contribution is -2.28. The van der Waals surface area contributed by atoms with Gasteiger partial charge in [-0.2, -0.15) is 0 Å². The van der Waals surface area contributed by atoms with Crippen LogP contribution in [0, 0.1) is 11.3 Å². The number of allylic oxidation sites excluding steroid dienone is 2. The normalized spacial score (nSPS) is 27.9. The molecule has 0 heterocycles. The predicted molar refractivity (Wildman–Crippen MR) is 50.9 cm³/mol. The first kappa shape index (κ1) is 9.50. The monoisotopic (exact) mass is 166 g/mol. The Kier molecular flexibility index (Phi) is 2.71. The second-order valence-electron chi connectivity index (χ2n) is 4.29. The Balaban J connectivity index is 2.78. The number of aldehydes is 1. The van der Waals surface area contributed by atoms with Crippen molar-refractivity contribution in [3.8, 4) is 0 Å². The highest BCUT2D eigenvalue weighted by atomic mass is 16.1. The number of carbonyl (C=O) groups is 1. The van der Waals surface area contributed by atoms with Crippen molar-refractivity contribution in [3.63, 3.8) is 0 Å². The van der Waals surface area contributed by atoms with Gasteiger partial charge in [0.2, 0.25) is 0 Å². The van der Waals surface area contributed by atoms with E-state index in [9.17, 15) is 4.79 Å². The van der Waals surface area contributed by atoms with Crippen LogP contribution in [0.25, 0.3) is 0 Å². The summed E-state index contributed by atoms with van der Waals surface area (Å²) in [7, 11) is 0. The van der Waals surface area contributed by atoms with Crippen LogP contribution in [0.15, 0.2) is 11.6 Å². The van der Waals surface area contributed by atoms with Crippen LogP contribution in [0.1, 0.15) is 40.0 Å². The first-order valence-corrected chi connectivity index (χ1v) is 4.70. The summed E-state index contributed by atoms with van der Waals surface area (Å²) in [5.41, 5.74) is 1.68. The van der Waals surface area contributed by atoms with Gasteiger partial charge in [-0.3, -0.25) is 0 Å². The third kappa shape index (κ3) is 1.60. The van der Waals surface area contributed by atoms with E-state index in [1.54, 1.807) is 0 Å². The Morgan fingerprint density at radius 1 is 1.67 bits per heavy atom. The Morgan fingerprint density at radius 2 is 2.33 bits per heavy atom. The summed E-state index contributed by atoms with van der Waals surface area (Å²) in [5.74, 6) is 0.556. The van der Waals surface area contributed by atoms with Crippen molar-refractivity contribution in [2.75, 3.05) is 0 Å². The molecule has 0 aliphatic heterocycles. The van der Waals surface area contributed by atoms with Crippen LogP contribution in [0.5, 0.6) is 0 Å². The molecule has 0 aromatic heterocycles. The zero-order valence-corrected chi connectivity index (χ0v) is 8.26. The van der Waals surface area contributed by atoms with E-state index in [4.69, 9.17) is 0 Å². The van der Waals surface area contributed by atoms with Crippen molar-refractivity contribution >= 4 is 6.29 Å². The molecule has 0 bridgehead atoms. The average molecular weight is 166 g/mol. The van der Waals surface area contributed by atoms with Gasteiger partial charge in [0.05, 0.1) is 0 Å². The summed E-state index contributed by atoms with van der Waals surface area (Å²) in [4.78, 5) is 10.4. The molecule has 12 heavy (non-hydrogen) atoms. The van der Waals surface area contributed by atoms with Crippen molar-refractivity contribution in [1.82, 2.24) is 0 Å². The molecular formula is C11H18O. The van der Waals surface area contributed by atoms with Gasteiger partial charge in [0.15, 0.2) is 0 Å². The van der Waals surface area contributed by atoms with E-state index < -0.39 is 0 Å². The molecule has 68 valence electrons. The molecule has 0 N–H and O–H groups in total. The Labute approximate surface area is 74.9 Å². The van der Waals surface area contributed by atoms with E-state index in [0.717, 1.165) is 19.1 Å². The SMILES string of the molecule is CC1=CCC[C@@H](CC=O)C1(C)C. The highest BCUT2D eigenvalue weighted by molar-refractivity contribution is 5.50. The lowest BCUT2D eigenvalue weighted by molar-refractivity contribution is -0.109. The molecule has 0 radical (unpaired) electrons. The summed E-state index contributed by atoms with van der Waals surface area (Å²) in [5, 5.41) is 0. The van der Waals surface area contributed by atoms with Gasteiger partial charge in [-0.1, -0.05) is 25.5 Å². The molecule has 0 spiro atoms. The maximum absolute atomic E-state index is 10.4. The minimum atomic E-state index is 0.235. The molecule has 0 saturated carbocycles. The molecule has 0 amide bonds. The van der Waals surface area contributed by atoms with Gasteiger partial charge < -0.3 is 4.79 Å². The highest BCUT2D eigenvalue weighted by Gasteiger charge is 2.32. The van der Waals surface area contributed by atoms with E-state index >= 15 is 0 Å². The number of hydrogen-bond donors (Lipinski definition) is 0. The van der Waals surface area contributed by atoms with Crippen molar-refractivity contribution in [1.29, 1.82) is 0 Å². The number of hydrogen-bond acceptors (Lipinski definition) is 1. The van der Waals surface area contributed by atoms with Crippen LogP contribution in [-0.4, -0.2) is 6.29 Å². The Hall–Kier alpha value is -0.590. The molecule has 0 fully saturated rings. The summed E-state index contributed by atoms with van der Waals surface area (Å²) in [6.07, 6.45) is 6.40. The van der Waals surface area contributed by atoms with Crippen LogP contribution in [0.4, 0.5) is 0 Å². The molecular weight excluding hydrogens is 148 g/mol. The van der Waals surface area contributed by atoms with E-state index in [-0.39, 0.29) is 5.41 Å². The Morgan fingerprint density at radius 3 is 2.92 bits per heavy atom. The molecule has 1 atom stereocenters. The fourth-order valence-corrected chi connectivity index (χ4v) is 1.98. The summed E-state index contributed by atoms with van der Waals surface area (Å²) in [6, 6.07) is 0. The quantitative estimate of drug-likeness (QED) is 0.455. The maximum Gasteiger partial charge on any atom is 0.120 e. The number of rotatable bonds is 2. The molecule has 1 nitrogen and oxygen atoms in total. The van der Waals surface area contributed by atoms with Gasteiger partial charge >= 0.3 is 0 Å². The van der Waals surface area contributed by atoms with Crippen LogP contribution < -0.4 is 0 Å². The molecule has 0 unspecified atom stereocenters. The second kappa shape index (κ2) is 3.42. The third-order valence-electron chi connectivity index (χ3n) is 3.38. The van der Waals surface area contributed by atoms with Crippen LogP contribution >= 0.6 is 0 Å². The second-order valence-corrected chi connectivity index (χ2v) is 4.29. The Bertz CT molecular complexity index is 201. The minimum Gasteiger partial charge on any atom is -0.303 e. The predicted octanol–water partition coefficient (Wildman–Crippen LogP) is 2.96. The standard InChI is InChI=1S/C11H18O/c1-9-5-4-6-10(7-8-12)11(9,2)3/h5,8,10H,4,6-7H2,1-3H3/t10-/m0/s1. The van der Waals surface area contributed by atoms with E-state index in [1.807, 2.05) is 0 Å². The van der Waals surface area contributed by atoms with Crippen molar-refractivity contribution in [3.05, 3.63) is 11.6 Å². The van der Waals surface area contributed by atoms with Gasteiger partial charge in [-0.25, -0.2) is 0 Å². The van der Waals surface area contributed by atoms with Crippen LogP contribution in [0.2, 0.25) is 0 Å². The maximum atomic E-state index is 10.4. The minimum absolute atomic E-state index is 0.235. The van der Waals surface area contributed by atoms with Crippen LogP contribution in [-0.2, 0) is 4.79 Å². The first-order valence-electron chi connectivity index (χ1n) is 4.70. The summed E-state index contributed by atoms with van der Waals surface area (Å²) in [6.45, 7) is 6.66. The summed E-state index contributed by atoms with van der Waals surface area (Å²) >= 11 is 0. The smallest absolute Gasteiger partial charge is 0.120 e. The molecule has 0 aromatic carbocycles. The van der Waals surface area contributed by atoms with E-state index in [1.165, 1.54) is 12.0 Å². The van der Waals surface area contributed by atoms with Crippen molar-refractivity contribution in [2.45, 2.75) is 40.0 Å². The van der Waals surface area contributed by atoms with E-state index in [0.29, 0.717) is 5.92 Å². The van der Waals surface area contributed by atoms with Crippen molar-refractivity contribution < 1.29 is 4.79 Å². The van der Waals surface area contributed by atoms with Crippen LogP contribution in [0.3, 0.4) is 0 Å². The van der Waals surface area contributed by atoms with Gasteiger partial charge in [0.1, 0.15) is 6.29 Å². The zero-order chi connectivity index (χ0) is 9.19. The summed E-state index contributed by atoms with van der Waals surface area (Å²) < 4.78 is 0.